The summed E-state index contributed by atoms with van der Waals surface area (Å²) in [7, 11) is 2.12. The Labute approximate surface area is 116 Å². The molecule has 0 amide bonds. The van der Waals surface area contributed by atoms with Crippen molar-refractivity contribution in [1.29, 1.82) is 0 Å². The molecule has 0 aromatic heterocycles. The number of nitrogens with one attached hydrogen (secondary N) is 1. The molecule has 4 heteroatoms. The molecule has 1 unspecified atom stereocenters. The first kappa shape index (κ1) is 14.8. The van der Waals surface area contributed by atoms with Crippen molar-refractivity contribution in [3.8, 4) is 0 Å². The van der Waals surface area contributed by atoms with E-state index in [1.165, 1.54) is 0 Å². The molecular formula is C15H28N2O2. The molecule has 1 atom stereocenters. The van der Waals surface area contributed by atoms with E-state index in [0.29, 0.717) is 5.92 Å². The maximum atomic E-state index is 12.5. The van der Waals surface area contributed by atoms with Gasteiger partial charge in [-0.15, -0.1) is 0 Å². The van der Waals surface area contributed by atoms with E-state index in [9.17, 15) is 4.79 Å². The number of hydrogen-bond donors (Lipinski definition) is 1. The maximum absolute atomic E-state index is 12.5. The molecule has 0 aromatic carbocycles. The van der Waals surface area contributed by atoms with Crippen molar-refractivity contribution in [3.05, 3.63) is 0 Å². The summed E-state index contributed by atoms with van der Waals surface area (Å²) in [6.45, 7) is 8.17. The predicted molar refractivity (Wildman–Crippen MR) is 76.0 cm³/mol. The van der Waals surface area contributed by atoms with Gasteiger partial charge in [0.2, 0.25) is 0 Å². The number of esters is 1. The van der Waals surface area contributed by atoms with Crippen molar-refractivity contribution in [2.75, 3.05) is 33.2 Å². The Balaban J connectivity index is 1.87. The van der Waals surface area contributed by atoms with E-state index in [0.717, 1.165) is 51.9 Å². The standard InChI is InChI=1S/C15H28N2O2/c1-15(2,12-5-4-8-16-11-12)14(18)19-13-6-9-17(3)10-7-13/h12-13,16H,4-11H2,1-3H3. The lowest BCUT2D eigenvalue weighted by Crippen LogP contribution is -2.45. The van der Waals surface area contributed by atoms with Gasteiger partial charge in [0.05, 0.1) is 5.41 Å². The molecule has 0 radical (unpaired) electrons. The molecule has 19 heavy (non-hydrogen) atoms. The van der Waals surface area contributed by atoms with Gasteiger partial charge in [0.15, 0.2) is 0 Å². The van der Waals surface area contributed by atoms with Crippen molar-refractivity contribution in [2.24, 2.45) is 11.3 Å². The number of hydrogen-bond acceptors (Lipinski definition) is 4. The van der Waals surface area contributed by atoms with Gasteiger partial charge in [-0.25, -0.2) is 0 Å². The van der Waals surface area contributed by atoms with Gasteiger partial charge in [-0.05, 0) is 65.6 Å². The number of piperidine rings is 2. The Morgan fingerprint density at radius 3 is 2.53 bits per heavy atom. The third kappa shape index (κ3) is 3.69. The molecular weight excluding hydrogens is 240 g/mol. The number of ether oxygens (including phenoxy) is 1. The molecule has 2 aliphatic rings. The smallest absolute Gasteiger partial charge is 0.312 e. The van der Waals surface area contributed by atoms with Crippen LogP contribution in [0.3, 0.4) is 0 Å². The van der Waals surface area contributed by atoms with E-state index < -0.39 is 0 Å². The number of rotatable bonds is 3. The van der Waals surface area contributed by atoms with Crippen LogP contribution < -0.4 is 5.32 Å². The number of carbonyl (C=O) groups is 1. The van der Waals surface area contributed by atoms with E-state index in [1.807, 2.05) is 13.8 Å². The quantitative estimate of drug-likeness (QED) is 0.790. The van der Waals surface area contributed by atoms with Gasteiger partial charge >= 0.3 is 5.97 Å². The molecule has 2 heterocycles. The van der Waals surface area contributed by atoms with Crippen LogP contribution in [0.2, 0.25) is 0 Å². The normalized spacial score (nSPS) is 27.2. The lowest BCUT2D eigenvalue weighted by Gasteiger charge is -2.37. The fourth-order valence-electron chi connectivity index (χ4n) is 3.04. The van der Waals surface area contributed by atoms with Crippen LogP contribution >= 0.6 is 0 Å². The van der Waals surface area contributed by atoms with Crippen molar-refractivity contribution in [2.45, 2.75) is 45.6 Å². The van der Waals surface area contributed by atoms with Crippen LogP contribution in [0.15, 0.2) is 0 Å². The van der Waals surface area contributed by atoms with Crippen LogP contribution in [0.1, 0.15) is 39.5 Å². The average molecular weight is 268 g/mol. The van der Waals surface area contributed by atoms with Gasteiger partial charge in [-0.1, -0.05) is 0 Å². The molecule has 0 saturated carbocycles. The van der Waals surface area contributed by atoms with Gasteiger partial charge in [-0.2, -0.15) is 0 Å². The fourth-order valence-corrected chi connectivity index (χ4v) is 3.04. The largest absolute Gasteiger partial charge is 0.462 e. The van der Waals surface area contributed by atoms with Gasteiger partial charge in [0.1, 0.15) is 6.10 Å². The summed E-state index contributed by atoms with van der Waals surface area (Å²) in [5, 5.41) is 3.39. The molecule has 0 aliphatic carbocycles. The molecule has 110 valence electrons. The molecule has 4 nitrogen and oxygen atoms in total. The SMILES string of the molecule is CN1CCC(OC(=O)C(C)(C)C2CCCNC2)CC1. The Kier molecular flexibility index (Phi) is 4.85. The van der Waals surface area contributed by atoms with Crippen LogP contribution in [0.4, 0.5) is 0 Å². The minimum Gasteiger partial charge on any atom is -0.462 e. The second-order valence-electron chi connectivity index (χ2n) is 6.67. The lowest BCUT2D eigenvalue weighted by molar-refractivity contribution is -0.165. The lowest BCUT2D eigenvalue weighted by atomic mass is 9.75. The highest BCUT2D eigenvalue weighted by Crippen LogP contribution is 2.34. The highest BCUT2D eigenvalue weighted by Gasteiger charge is 2.39. The third-order valence-corrected chi connectivity index (χ3v) is 4.78. The zero-order valence-electron chi connectivity index (χ0n) is 12.6. The second-order valence-corrected chi connectivity index (χ2v) is 6.67. The maximum Gasteiger partial charge on any atom is 0.312 e. The summed E-state index contributed by atoms with van der Waals surface area (Å²) in [5.74, 6) is 0.399. The number of carbonyl (C=O) groups excluding carboxylic acids is 1. The molecule has 1 N–H and O–H groups in total. The summed E-state index contributed by atoms with van der Waals surface area (Å²) in [6.07, 6.45) is 4.36. The van der Waals surface area contributed by atoms with E-state index in [4.69, 9.17) is 4.74 Å². The Hall–Kier alpha value is -0.610. The molecule has 2 saturated heterocycles. The molecule has 2 rings (SSSR count). The first-order valence-electron chi connectivity index (χ1n) is 7.60. The third-order valence-electron chi connectivity index (χ3n) is 4.78. The van der Waals surface area contributed by atoms with Crippen molar-refractivity contribution >= 4 is 5.97 Å². The first-order chi connectivity index (χ1) is 9.00. The van der Waals surface area contributed by atoms with Gasteiger partial charge in [0.25, 0.3) is 0 Å². The van der Waals surface area contributed by atoms with E-state index in [1.54, 1.807) is 0 Å². The minimum absolute atomic E-state index is 0.00393. The van der Waals surface area contributed by atoms with Crippen molar-refractivity contribution in [3.63, 3.8) is 0 Å². The molecule has 0 bridgehead atoms. The topological polar surface area (TPSA) is 41.6 Å². The summed E-state index contributed by atoms with van der Waals surface area (Å²) in [5.41, 5.74) is -0.364. The molecule has 0 aromatic rings. The van der Waals surface area contributed by atoms with Crippen LogP contribution in [-0.4, -0.2) is 50.2 Å². The monoisotopic (exact) mass is 268 g/mol. The van der Waals surface area contributed by atoms with Crippen LogP contribution in [0.25, 0.3) is 0 Å². The van der Waals surface area contributed by atoms with Gasteiger partial charge in [0, 0.05) is 13.1 Å². The zero-order valence-corrected chi connectivity index (χ0v) is 12.6. The van der Waals surface area contributed by atoms with Gasteiger partial charge in [-0.3, -0.25) is 4.79 Å². The number of likely N-dealkylation sites (tertiary alicyclic amines) is 1. The Bertz CT molecular complexity index is 303. The zero-order chi connectivity index (χ0) is 13.9. The van der Waals surface area contributed by atoms with Gasteiger partial charge < -0.3 is 15.0 Å². The van der Waals surface area contributed by atoms with E-state index >= 15 is 0 Å². The first-order valence-corrected chi connectivity index (χ1v) is 7.60. The summed E-state index contributed by atoms with van der Waals surface area (Å²) < 4.78 is 5.76. The average Bonchev–Trinajstić information content (AvgIpc) is 2.42. The Morgan fingerprint density at radius 2 is 1.95 bits per heavy atom. The van der Waals surface area contributed by atoms with E-state index in [2.05, 4.69) is 17.3 Å². The minimum atomic E-state index is -0.364. The highest BCUT2D eigenvalue weighted by atomic mass is 16.5. The Morgan fingerprint density at radius 1 is 1.26 bits per heavy atom. The summed E-state index contributed by atoms with van der Waals surface area (Å²) in [6, 6.07) is 0. The highest BCUT2D eigenvalue weighted by molar-refractivity contribution is 5.76. The summed E-state index contributed by atoms with van der Waals surface area (Å²) >= 11 is 0. The molecule has 2 aliphatic heterocycles. The second kappa shape index (κ2) is 6.23. The van der Waals surface area contributed by atoms with Crippen molar-refractivity contribution in [1.82, 2.24) is 10.2 Å². The molecule has 0 spiro atoms. The van der Waals surface area contributed by atoms with Crippen LogP contribution in [0, 0.1) is 11.3 Å². The fraction of sp³-hybridized carbons (Fsp3) is 0.933. The predicted octanol–water partition coefficient (Wildman–Crippen LogP) is 1.65. The van der Waals surface area contributed by atoms with Crippen LogP contribution in [0.5, 0.6) is 0 Å². The number of nitrogens with zero attached hydrogens (tertiary/aromatic N) is 1. The summed E-state index contributed by atoms with van der Waals surface area (Å²) in [4.78, 5) is 14.7. The molecule has 2 fully saturated rings. The van der Waals surface area contributed by atoms with E-state index in [-0.39, 0.29) is 17.5 Å². The van der Waals surface area contributed by atoms with Crippen LogP contribution in [-0.2, 0) is 9.53 Å². The van der Waals surface area contributed by atoms with Crippen molar-refractivity contribution < 1.29 is 9.53 Å².